The summed E-state index contributed by atoms with van der Waals surface area (Å²) in [4.78, 5) is 16.8. The van der Waals surface area contributed by atoms with E-state index in [9.17, 15) is 4.79 Å². The summed E-state index contributed by atoms with van der Waals surface area (Å²) in [5.74, 6) is -0.187. The summed E-state index contributed by atoms with van der Waals surface area (Å²) < 4.78 is 1.97. The number of hydrogen-bond acceptors (Lipinski definition) is 3. The smallest absolute Gasteiger partial charge is 0.260 e. The fourth-order valence-electron chi connectivity index (χ4n) is 3.71. The van der Waals surface area contributed by atoms with Crippen LogP contribution in [-0.4, -0.2) is 21.7 Å². The lowest BCUT2D eigenvalue weighted by Crippen LogP contribution is -2.23. The van der Waals surface area contributed by atoms with Gasteiger partial charge in [0.2, 0.25) is 0 Å². The molecule has 0 saturated carbocycles. The van der Waals surface area contributed by atoms with Gasteiger partial charge in [0.05, 0.1) is 17.9 Å². The van der Waals surface area contributed by atoms with Crippen molar-refractivity contribution in [2.75, 3.05) is 0 Å². The Bertz CT molecular complexity index is 1330. The molecule has 0 fully saturated rings. The topological polar surface area (TPSA) is 59.3 Å². The molecule has 0 saturated heterocycles. The number of hydrazone groups is 1. The molecule has 5 nitrogen and oxygen atoms in total. The molecular formula is C24H18N4O. The van der Waals surface area contributed by atoms with Crippen LogP contribution < -0.4 is 5.43 Å². The maximum atomic E-state index is 12.5. The molecule has 5 aromatic rings. The molecule has 5 rings (SSSR count). The molecule has 0 radical (unpaired) electrons. The lowest BCUT2D eigenvalue weighted by atomic mass is 10.1. The van der Waals surface area contributed by atoms with Crippen LogP contribution in [0.3, 0.4) is 0 Å². The number of benzene rings is 3. The number of hydrogen-bond donors (Lipinski definition) is 1. The number of rotatable bonds is 4. The number of nitrogens with zero attached hydrogens (tertiary/aromatic N) is 3. The number of pyridine rings is 1. The summed E-state index contributed by atoms with van der Waals surface area (Å²) in [6.07, 6.45) is 5.23. The summed E-state index contributed by atoms with van der Waals surface area (Å²) in [6, 6.07) is 24.2. The minimum atomic E-state index is -0.187. The molecule has 2 aromatic heterocycles. The van der Waals surface area contributed by atoms with Crippen LogP contribution in [0.5, 0.6) is 0 Å². The van der Waals surface area contributed by atoms with Gasteiger partial charge in [-0.05, 0) is 34.5 Å². The van der Waals surface area contributed by atoms with Crippen molar-refractivity contribution in [2.45, 2.75) is 6.54 Å². The van der Waals surface area contributed by atoms with Crippen LogP contribution in [0.15, 0.2) is 90.3 Å². The number of para-hydroxylation sites is 1. The van der Waals surface area contributed by atoms with Gasteiger partial charge in [-0.3, -0.25) is 9.78 Å². The molecule has 0 unspecified atom stereocenters. The minimum Gasteiger partial charge on any atom is -0.330 e. The summed E-state index contributed by atoms with van der Waals surface area (Å²) in [5, 5.41) is 8.64. The Labute approximate surface area is 167 Å². The van der Waals surface area contributed by atoms with Gasteiger partial charge in [0.15, 0.2) is 0 Å². The lowest BCUT2D eigenvalue weighted by molar-refractivity contribution is -0.121. The van der Waals surface area contributed by atoms with E-state index in [2.05, 4.69) is 33.7 Å². The van der Waals surface area contributed by atoms with Crippen LogP contribution >= 0.6 is 0 Å². The number of aromatic nitrogens is 2. The maximum absolute atomic E-state index is 12.5. The van der Waals surface area contributed by atoms with Crippen molar-refractivity contribution in [2.24, 2.45) is 5.10 Å². The van der Waals surface area contributed by atoms with Crippen LogP contribution in [-0.2, 0) is 11.3 Å². The minimum absolute atomic E-state index is 0.171. The fraction of sp³-hybridized carbons (Fsp3) is 0.0417. The van der Waals surface area contributed by atoms with E-state index >= 15 is 0 Å². The Morgan fingerprint density at radius 3 is 2.66 bits per heavy atom. The van der Waals surface area contributed by atoms with E-state index < -0.39 is 0 Å². The van der Waals surface area contributed by atoms with Crippen molar-refractivity contribution >= 4 is 44.7 Å². The van der Waals surface area contributed by atoms with Crippen molar-refractivity contribution in [3.63, 3.8) is 0 Å². The molecule has 2 heterocycles. The Kier molecular flexibility index (Phi) is 4.26. The van der Waals surface area contributed by atoms with E-state index in [1.807, 2.05) is 59.2 Å². The van der Waals surface area contributed by atoms with Crippen LogP contribution in [0.1, 0.15) is 5.56 Å². The van der Waals surface area contributed by atoms with E-state index in [-0.39, 0.29) is 12.5 Å². The maximum Gasteiger partial charge on any atom is 0.260 e. The van der Waals surface area contributed by atoms with E-state index in [0.29, 0.717) is 0 Å². The Morgan fingerprint density at radius 1 is 0.931 bits per heavy atom. The second kappa shape index (κ2) is 7.20. The third-order valence-electron chi connectivity index (χ3n) is 5.05. The molecule has 3 aromatic carbocycles. The number of amides is 1. The highest BCUT2D eigenvalue weighted by atomic mass is 16.2. The van der Waals surface area contributed by atoms with Crippen LogP contribution in [0.25, 0.3) is 32.6 Å². The Morgan fingerprint density at radius 2 is 1.72 bits per heavy atom. The molecule has 140 valence electrons. The van der Waals surface area contributed by atoms with Gasteiger partial charge in [0.1, 0.15) is 6.54 Å². The number of nitrogens with one attached hydrogen (secondary N) is 1. The molecule has 0 atom stereocenters. The molecule has 0 aliphatic carbocycles. The second-order valence-electron chi connectivity index (χ2n) is 6.90. The second-order valence-corrected chi connectivity index (χ2v) is 6.90. The third-order valence-corrected chi connectivity index (χ3v) is 5.05. The largest absolute Gasteiger partial charge is 0.330 e. The van der Waals surface area contributed by atoms with Crippen LogP contribution in [0, 0.1) is 0 Å². The van der Waals surface area contributed by atoms with Gasteiger partial charge in [-0.15, -0.1) is 0 Å². The molecule has 1 N–H and O–H groups in total. The van der Waals surface area contributed by atoms with Gasteiger partial charge < -0.3 is 4.57 Å². The van der Waals surface area contributed by atoms with E-state index in [1.165, 1.54) is 5.39 Å². The van der Waals surface area contributed by atoms with Gasteiger partial charge in [-0.25, -0.2) is 5.43 Å². The van der Waals surface area contributed by atoms with Crippen molar-refractivity contribution in [1.82, 2.24) is 15.0 Å². The first-order chi connectivity index (χ1) is 14.3. The lowest BCUT2D eigenvalue weighted by Gasteiger charge is -2.06. The standard InChI is InChI=1S/C24H18N4O/c29-24(27-26-14-17-9-10-18-5-1-2-6-19(18)13-17)16-28-22-8-4-3-7-20(22)21-11-12-25-15-23(21)28/h1-15H,16H2,(H,27,29)/b26-14-. The summed E-state index contributed by atoms with van der Waals surface area (Å²) in [5.41, 5.74) is 5.51. The highest BCUT2D eigenvalue weighted by molar-refractivity contribution is 6.08. The molecule has 5 heteroatoms. The third kappa shape index (κ3) is 3.23. The van der Waals surface area contributed by atoms with Crippen molar-refractivity contribution in [3.05, 3.63) is 90.8 Å². The van der Waals surface area contributed by atoms with Crippen molar-refractivity contribution in [1.29, 1.82) is 0 Å². The predicted octanol–water partition coefficient (Wildman–Crippen LogP) is 4.49. The monoisotopic (exact) mass is 378 g/mol. The van der Waals surface area contributed by atoms with Gasteiger partial charge in [0, 0.05) is 22.5 Å². The van der Waals surface area contributed by atoms with Gasteiger partial charge >= 0.3 is 0 Å². The fourth-order valence-corrected chi connectivity index (χ4v) is 3.71. The normalized spacial score (nSPS) is 11.6. The molecule has 1 amide bonds. The highest BCUT2D eigenvalue weighted by Gasteiger charge is 2.12. The molecule has 0 bridgehead atoms. The number of carbonyl (C=O) groups excluding carboxylic acids is 1. The average Bonchev–Trinajstić information content (AvgIpc) is 3.08. The van der Waals surface area contributed by atoms with Gasteiger partial charge in [-0.1, -0.05) is 54.6 Å². The highest BCUT2D eigenvalue weighted by Crippen LogP contribution is 2.27. The molecule has 0 aliphatic rings. The first kappa shape index (κ1) is 17.1. The zero-order chi connectivity index (χ0) is 19.6. The Balaban J connectivity index is 1.37. The van der Waals surface area contributed by atoms with Crippen LogP contribution in [0.4, 0.5) is 0 Å². The molecule has 0 aliphatic heterocycles. The van der Waals surface area contributed by atoms with Gasteiger partial charge in [0.25, 0.3) is 5.91 Å². The zero-order valence-electron chi connectivity index (χ0n) is 15.6. The molecule has 29 heavy (non-hydrogen) atoms. The van der Waals surface area contributed by atoms with Crippen LogP contribution in [0.2, 0.25) is 0 Å². The van der Waals surface area contributed by atoms with E-state index in [4.69, 9.17) is 0 Å². The van der Waals surface area contributed by atoms with Gasteiger partial charge in [-0.2, -0.15) is 5.10 Å². The summed E-state index contributed by atoms with van der Waals surface area (Å²) in [6.45, 7) is 0.171. The summed E-state index contributed by atoms with van der Waals surface area (Å²) >= 11 is 0. The quantitative estimate of drug-likeness (QED) is 0.370. The predicted molar refractivity (Wildman–Crippen MR) is 117 cm³/mol. The molecular weight excluding hydrogens is 360 g/mol. The first-order valence-electron chi connectivity index (χ1n) is 9.41. The van der Waals surface area contributed by atoms with E-state index in [0.717, 1.165) is 32.8 Å². The van der Waals surface area contributed by atoms with E-state index in [1.54, 1.807) is 18.6 Å². The number of fused-ring (bicyclic) bond motifs is 4. The van der Waals surface area contributed by atoms with Crippen molar-refractivity contribution < 1.29 is 4.79 Å². The number of carbonyl (C=O) groups is 1. The average molecular weight is 378 g/mol. The Hall–Kier alpha value is -3.99. The SMILES string of the molecule is O=C(Cn1c2ccccc2c2ccncc21)N/N=C\c1ccc2ccccc2c1. The zero-order valence-corrected chi connectivity index (χ0v) is 15.6. The molecule has 0 spiro atoms. The summed E-state index contributed by atoms with van der Waals surface area (Å²) in [7, 11) is 0. The van der Waals surface area contributed by atoms with Crippen molar-refractivity contribution in [3.8, 4) is 0 Å². The first-order valence-corrected chi connectivity index (χ1v) is 9.41.